The van der Waals surface area contributed by atoms with Crippen molar-refractivity contribution in [3.63, 3.8) is 0 Å². The fraction of sp³-hybridized carbons (Fsp3) is 0.588. The van der Waals surface area contributed by atoms with Crippen LogP contribution in [-0.2, 0) is 4.79 Å². The number of carbonyl (C=O) groups is 1. The second-order valence-electron chi connectivity index (χ2n) is 6.87. The number of hydrogen-bond acceptors (Lipinski definition) is 6. The van der Waals surface area contributed by atoms with Crippen LogP contribution < -0.4 is 5.32 Å². The minimum absolute atomic E-state index is 0.120. The maximum absolute atomic E-state index is 12.9. The van der Waals surface area contributed by atoms with Crippen molar-refractivity contribution in [1.82, 2.24) is 29.9 Å². The molecule has 25 heavy (non-hydrogen) atoms. The molecule has 1 aliphatic heterocycles. The van der Waals surface area contributed by atoms with E-state index in [-0.39, 0.29) is 17.9 Å². The minimum atomic E-state index is -0.296. The highest BCUT2D eigenvalue weighted by molar-refractivity contribution is 5.80. The van der Waals surface area contributed by atoms with Gasteiger partial charge in [-0.3, -0.25) is 4.79 Å². The first-order chi connectivity index (χ1) is 12.0. The third-order valence-corrected chi connectivity index (χ3v) is 4.56. The molecule has 0 saturated carbocycles. The molecule has 0 aliphatic carbocycles. The largest absolute Gasteiger partial charge is 0.366 e. The van der Waals surface area contributed by atoms with Gasteiger partial charge in [-0.2, -0.15) is 10.2 Å². The van der Waals surface area contributed by atoms with Crippen molar-refractivity contribution in [2.24, 2.45) is 5.92 Å². The molecule has 1 aliphatic rings. The van der Waals surface area contributed by atoms with Gasteiger partial charge in [0.05, 0.1) is 5.69 Å². The molecule has 3 rings (SSSR count). The number of anilines is 1. The number of nitrogens with one attached hydrogen (secondary N) is 1. The molecule has 0 aromatic carbocycles. The van der Waals surface area contributed by atoms with Crippen LogP contribution in [0.4, 0.5) is 5.82 Å². The van der Waals surface area contributed by atoms with Gasteiger partial charge in [-0.05, 0) is 37.8 Å². The van der Waals surface area contributed by atoms with Crippen molar-refractivity contribution >= 4 is 11.7 Å². The van der Waals surface area contributed by atoms with Gasteiger partial charge in [0.15, 0.2) is 0 Å². The zero-order chi connectivity index (χ0) is 17.8. The van der Waals surface area contributed by atoms with Crippen LogP contribution in [-0.4, -0.2) is 54.9 Å². The molecule has 134 valence electrons. The highest BCUT2D eigenvalue weighted by Gasteiger charge is 2.31. The minimum Gasteiger partial charge on any atom is -0.366 e. The summed E-state index contributed by atoms with van der Waals surface area (Å²) in [7, 11) is 0. The standard InChI is InChI=1S/C17H25N7O/c1-12(2)16(24-11-18-10-19-24)17(25)23-8-6-14(7-9-23)20-15-5-4-13(3)21-22-15/h4-5,10-12,14,16H,6-9H2,1-3H3,(H,20,22)/t16-/m0/s1. The Morgan fingerprint density at radius 3 is 2.56 bits per heavy atom. The maximum Gasteiger partial charge on any atom is 0.247 e. The summed E-state index contributed by atoms with van der Waals surface area (Å²) in [5.74, 6) is 1.07. The predicted molar refractivity (Wildman–Crippen MR) is 93.9 cm³/mol. The first-order valence-electron chi connectivity index (χ1n) is 8.74. The number of rotatable bonds is 5. The van der Waals surface area contributed by atoms with Crippen molar-refractivity contribution in [3.8, 4) is 0 Å². The van der Waals surface area contributed by atoms with Gasteiger partial charge in [0, 0.05) is 19.1 Å². The molecule has 1 amide bonds. The van der Waals surface area contributed by atoms with E-state index in [1.807, 2.05) is 37.8 Å². The van der Waals surface area contributed by atoms with E-state index in [0.29, 0.717) is 6.04 Å². The quantitative estimate of drug-likeness (QED) is 0.888. The lowest BCUT2D eigenvalue weighted by molar-refractivity contribution is -0.137. The van der Waals surface area contributed by atoms with E-state index in [1.54, 1.807) is 11.0 Å². The van der Waals surface area contributed by atoms with Gasteiger partial charge >= 0.3 is 0 Å². The van der Waals surface area contributed by atoms with E-state index < -0.39 is 0 Å². The summed E-state index contributed by atoms with van der Waals surface area (Å²) in [4.78, 5) is 18.8. The molecular weight excluding hydrogens is 318 g/mol. The van der Waals surface area contributed by atoms with E-state index >= 15 is 0 Å². The summed E-state index contributed by atoms with van der Waals surface area (Å²) in [6, 6.07) is 3.90. The molecule has 1 fully saturated rings. The topological polar surface area (TPSA) is 88.8 Å². The number of nitrogens with zero attached hydrogens (tertiary/aromatic N) is 6. The molecule has 3 heterocycles. The molecule has 0 radical (unpaired) electrons. The Kier molecular flexibility index (Phi) is 5.25. The van der Waals surface area contributed by atoms with Gasteiger partial charge in [0.2, 0.25) is 5.91 Å². The van der Waals surface area contributed by atoms with Gasteiger partial charge in [0.25, 0.3) is 0 Å². The van der Waals surface area contributed by atoms with Gasteiger partial charge in [-0.25, -0.2) is 9.67 Å². The van der Waals surface area contributed by atoms with Gasteiger partial charge < -0.3 is 10.2 Å². The van der Waals surface area contributed by atoms with Crippen LogP contribution in [0, 0.1) is 12.8 Å². The number of piperidine rings is 1. The lowest BCUT2D eigenvalue weighted by Gasteiger charge is -2.35. The molecular formula is C17H25N7O. The molecule has 8 heteroatoms. The molecule has 2 aromatic heterocycles. The van der Waals surface area contributed by atoms with E-state index in [2.05, 4.69) is 25.6 Å². The molecule has 1 atom stereocenters. The molecule has 1 saturated heterocycles. The summed E-state index contributed by atoms with van der Waals surface area (Å²) >= 11 is 0. The van der Waals surface area contributed by atoms with Crippen LogP contribution in [0.25, 0.3) is 0 Å². The molecule has 2 aromatic rings. The number of likely N-dealkylation sites (tertiary alicyclic amines) is 1. The average molecular weight is 343 g/mol. The first kappa shape index (κ1) is 17.3. The van der Waals surface area contributed by atoms with Crippen LogP contribution in [0.1, 0.15) is 38.4 Å². The van der Waals surface area contributed by atoms with Crippen LogP contribution in [0.3, 0.4) is 0 Å². The van der Waals surface area contributed by atoms with Crippen LogP contribution in [0.15, 0.2) is 24.8 Å². The maximum atomic E-state index is 12.9. The lowest BCUT2D eigenvalue weighted by Crippen LogP contribution is -2.46. The molecule has 1 N–H and O–H groups in total. The Morgan fingerprint density at radius 1 is 1.24 bits per heavy atom. The highest BCUT2D eigenvalue weighted by Crippen LogP contribution is 2.23. The van der Waals surface area contributed by atoms with E-state index in [1.165, 1.54) is 6.33 Å². The summed E-state index contributed by atoms with van der Waals surface area (Å²) in [6.07, 6.45) is 4.88. The van der Waals surface area contributed by atoms with Crippen molar-refractivity contribution in [2.45, 2.75) is 45.7 Å². The summed E-state index contributed by atoms with van der Waals surface area (Å²) in [5.41, 5.74) is 0.902. The van der Waals surface area contributed by atoms with Gasteiger partial charge in [-0.15, -0.1) is 5.10 Å². The summed E-state index contributed by atoms with van der Waals surface area (Å²) in [5, 5.41) is 15.8. The third kappa shape index (κ3) is 4.12. The Morgan fingerprint density at radius 2 is 2.00 bits per heavy atom. The van der Waals surface area contributed by atoms with Gasteiger partial charge in [-0.1, -0.05) is 13.8 Å². The second kappa shape index (κ2) is 7.58. The zero-order valence-electron chi connectivity index (χ0n) is 15.0. The highest BCUT2D eigenvalue weighted by atomic mass is 16.2. The number of amides is 1. The zero-order valence-corrected chi connectivity index (χ0v) is 15.0. The summed E-state index contributed by atoms with van der Waals surface area (Å²) in [6.45, 7) is 7.45. The Labute approximate surface area is 147 Å². The summed E-state index contributed by atoms with van der Waals surface area (Å²) < 4.78 is 1.67. The lowest BCUT2D eigenvalue weighted by atomic mass is 9.99. The number of hydrogen-bond donors (Lipinski definition) is 1. The second-order valence-corrected chi connectivity index (χ2v) is 6.87. The van der Waals surface area contributed by atoms with E-state index in [0.717, 1.165) is 37.4 Å². The molecule has 0 bridgehead atoms. The number of carbonyl (C=O) groups excluding carboxylic acids is 1. The average Bonchev–Trinajstić information content (AvgIpc) is 3.11. The van der Waals surface area contributed by atoms with Crippen LogP contribution >= 0.6 is 0 Å². The fourth-order valence-corrected chi connectivity index (χ4v) is 3.18. The number of aromatic nitrogens is 5. The third-order valence-electron chi connectivity index (χ3n) is 4.56. The first-order valence-corrected chi connectivity index (χ1v) is 8.74. The predicted octanol–water partition coefficient (Wildman–Crippen LogP) is 1.68. The van der Waals surface area contributed by atoms with Crippen molar-refractivity contribution in [3.05, 3.63) is 30.5 Å². The van der Waals surface area contributed by atoms with Crippen molar-refractivity contribution < 1.29 is 4.79 Å². The smallest absolute Gasteiger partial charge is 0.247 e. The van der Waals surface area contributed by atoms with Crippen molar-refractivity contribution in [1.29, 1.82) is 0 Å². The molecule has 0 unspecified atom stereocenters. The van der Waals surface area contributed by atoms with Crippen LogP contribution in [0.5, 0.6) is 0 Å². The monoisotopic (exact) mass is 343 g/mol. The fourth-order valence-electron chi connectivity index (χ4n) is 3.18. The normalized spacial score (nSPS) is 16.9. The Balaban J connectivity index is 1.57. The molecule has 0 spiro atoms. The Bertz CT molecular complexity index is 676. The van der Waals surface area contributed by atoms with Crippen LogP contribution in [0.2, 0.25) is 0 Å². The van der Waals surface area contributed by atoms with E-state index in [9.17, 15) is 4.79 Å². The van der Waals surface area contributed by atoms with Crippen molar-refractivity contribution in [2.75, 3.05) is 18.4 Å². The number of aryl methyl sites for hydroxylation is 1. The van der Waals surface area contributed by atoms with Gasteiger partial charge in [0.1, 0.15) is 24.5 Å². The Hall–Kier alpha value is -2.51. The SMILES string of the molecule is Cc1ccc(NC2CCN(C(=O)[C@H](C(C)C)n3cncn3)CC2)nn1. The molecule has 8 nitrogen and oxygen atoms in total. The van der Waals surface area contributed by atoms with E-state index in [4.69, 9.17) is 0 Å².